The molecule has 0 atom stereocenters. The van der Waals surface area contributed by atoms with E-state index in [-0.39, 0.29) is 12.4 Å². The van der Waals surface area contributed by atoms with Gasteiger partial charge >= 0.3 is 0 Å². The van der Waals surface area contributed by atoms with Gasteiger partial charge in [-0.15, -0.1) is 0 Å². The Morgan fingerprint density at radius 3 is 1.82 bits per heavy atom. The minimum atomic E-state index is 0. The predicted molar refractivity (Wildman–Crippen MR) is 94.0 cm³/mol. The van der Waals surface area contributed by atoms with E-state index in [1.165, 1.54) is 69.9 Å². The van der Waals surface area contributed by atoms with Crippen LogP contribution in [0.3, 0.4) is 0 Å². The zero-order valence-electron chi connectivity index (χ0n) is 14.9. The van der Waals surface area contributed by atoms with E-state index in [4.69, 9.17) is 0 Å². The highest BCUT2D eigenvalue weighted by Crippen LogP contribution is 2.14. The van der Waals surface area contributed by atoms with Crippen LogP contribution in [0.4, 0.5) is 5.69 Å². The van der Waals surface area contributed by atoms with Crippen molar-refractivity contribution < 1.29 is 17.7 Å². The Bertz CT molecular complexity index is 348. The van der Waals surface area contributed by atoms with Crippen molar-refractivity contribution in [3.63, 3.8) is 0 Å². The predicted octanol–water partition coefficient (Wildman–Crippen LogP) is 2.58. The second kappa shape index (κ2) is 13.0. The molecule has 0 heterocycles. The number of nitrogens with two attached hydrogens (primary N) is 1. The van der Waals surface area contributed by atoms with Crippen LogP contribution in [-0.2, 0) is 0 Å². The number of unbranched alkanes of at least 4 members (excludes halogenated alkanes) is 8. The molecule has 0 saturated heterocycles. The average Bonchev–Trinajstić information content (AvgIpc) is 2.46. The first-order valence-electron chi connectivity index (χ1n) is 9.05. The molecule has 0 aliphatic carbocycles. The monoisotopic (exact) mass is 325 g/mol. The van der Waals surface area contributed by atoms with Gasteiger partial charge in [0.2, 0.25) is 0 Å². The highest BCUT2D eigenvalue weighted by molar-refractivity contribution is 5.27. The molecule has 22 heavy (non-hydrogen) atoms. The lowest BCUT2D eigenvalue weighted by molar-refractivity contribution is -0.647. The molecule has 1 aromatic carbocycles. The van der Waals surface area contributed by atoms with Crippen LogP contribution in [0.1, 0.15) is 85.0 Å². The van der Waals surface area contributed by atoms with E-state index in [0.29, 0.717) is 5.54 Å². The van der Waals surface area contributed by atoms with Gasteiger partial charge in [-0.2, -0.15) is 0 Å². The molecule has 1 aromatic rings. The van der Waals surface area contributed by atoms with Gasteiger partial charge in [-0.25, -0.2) is 0 Å². The smallest absolute Gasteiger partial charge is 0.129 e. The molecule has 2 N–H and O–H groups in total. The fraction of sp³-hybridized carbons (Fsp3) is 0.700. The molecule has 0 aliphatic heterocycles. The van der Waals surface area contributed by atoms with Gasteiger partial charge in [0.1, 0.15) is 5.69 Å². The van der Waals surface area contributed by atoms with E-state index in [2.05, 4.69) is 56.4 Å². The maximum atomic E-state index is 2.43. The zero-order chi connectivity index (χ0) is 15.4. The summed E-state index contributed by atoms with van der Waals surface area (Å²) in [6.45, 7) is 7.02. The molecule has 0 saturated carbocycles. The summed E-state index contributed by atoms with van der Waals surface area (Å²) in [6.07, 6.45) is 14.0. The van der Waals surface area contributed by atoms with Crippen molar-refractivity contribution >= 4 is 5.69 Å². The van der Waals surface area contributed by atoms with Gasteiger partial charge < -0.3 is 17.7 Å². The maximum absolute atomic E-state index is 2.43. The molecule has 0 aliphatic rings. The van der Waals surface area contributed by atoms with Crippen molar-refractivity contribution in [3.8, 4) is 0 Å². The normalized spacial score (nSPS) is 11.2. The van der Waals surface area contributed by atoms with Crippen LogP contribution in [0.5, 0.6) is 0 Å². The maximum Gasteiger partial charge on any atom is 0.129 e. The minimum absolute atomic E-state index is 0. The number of hydrogen-bond donors (Lipinski definition) is 1. The first-order valence-corrected chi connectivity index (χ1v) is 9.05. The Hall–Kier alpha value is -0.530. The third-order valence-electron chi connectivity index (χ3n) is 4.28. The van der Waals surface area contributed by atoms with Crippen LogP contribution in [0.25, 0.3) is 0 Å². The fourth-order valence-corrected chi connectivity index (χ4v) is 2.96. The lowest BCUT2D eigenvalue weighted by Crippen LogP contribution is -3.00. The molecule has 0 spiro atoms. The van der Waals surface area contributed by atoms with Crippen molar-refractivity contribution in [1.82, 2.24) is 0 Å². The molecular formula is C20H36ClN. The summed E-state index contributed by atoms with van der Waals surface area (Å²) in [6, 6.07) is 10.8. The van der Waals surface area contributed by atoms with E-state index in [9.17, 15) is 0 Å². The molecule has 128 valence electrons. The summed E-state index contributed by atoms with van der Waals surface area (Å²) in [5.74, 6) is 0. The lowest BCUT2D eigenvalue weighted by Gasteiger charge is -2.22. The standard InChI is InChI=1S/C20H35N.ClH/c1-4-5-6-7-8-9-10-11-15-18-20(2,3)21-19-16-13-12-14-17-19;/h12-14,16-17,21H,4-11,15,18H2,1-3H3;1H. The van der Waals surface area contributed by atoms with E-state index in [1.54, 1.807) is 0 Å². The molecule has 0 unspecified atom stereocenters. The van der Waals surface area contributed by atoms with Crippen molar-refractivity contribution in [2.24, 2.45) is 0 Å². The largest absolute Gasteiger partial charge is 1.00 e. The molecule has 0 radical (unpaired) electrons. The summed E-state index contributed by atoms with van der Waals surface area (Å²) in [5, 5.41) is 2.43. The SMILES string of the molecule is CCCCCCCCCCCC(C)(C)[NH2+]c1ccccc1.[Cl-]. The van der Waals surface area contributed by atoms with E-state index >= 15 is 0 Å². The summed E-state index contributed by atoms with van der Waals surface area (Å²) >= 11 is 0. The Balaban J connectivity index is 0.00000441. The van der Waals surface area contributed by atoms with Gasteiger partial charge in [0.25, 0.3) is 0 Å². The van der Waals surface area contributed by atoms with Gasteiger partial charge in [-0.05, 0) is 32.4 Å². The number of benzene rings is 1. The Morgan fingerprint density at radius 1 is 0.773 bits per heavy atom. The molecule has 0 bridgehead atoms. The average molecular weight is 326 g/mol. The van der Waals surface area contributed by atoms with Crippen LogP contribution in [0, 0.1) is 0 Å². The van der Waals surface area contributed by atoms with Crippen molar-refractivity contribution in [2.45, 2.75) is 90.5 Å². The quantitative estimate of drug-likeness (QED) is 0.449. The highest BCUT2D eigenvalue weighted by Gasteiger charge is 2.21. The summed E-state index contributed by atoms with van der Waals surface area (Å²) in [7, 11) is 0. The Labute approximate surface area is 144 Å². The number of hydrogen-bond acceptors (Lipinski definition) is 0. The number of rotatable bonds is 12. The molecule has 1 rings (SSSR count). The van der Waals surface area contributed by atoms with Crippen LogP contribution in [0.2, 0.25) is 0 Å². The van der Waals surface area contributed by atoms with Crippen LogP contribution in [-0.4, -0.2) is 5.54 Å². The van der Waals surface area contributed by atoms with Gasteiger partial charge in [0.15, 0.2) is 0 Å². The van der Waals surface area contributed by atoms with E-state index < -0.39 is 0 Å². The van der Waals surface area contributed by atoms with Crippen LogP contribution < -0.4 is 17.7 Å². The second-order valence-corrected chi connectivity index (χ2v) is 7.12. The van der Waals surface area contributed by atoms with Crippen molar-refractivity contribution in [1.29, 1.82) is 0 Å². The van der Waals surface area contributed by atoms with Gasteiger partial charge in [0.05, 0.1) is 5.54 Å². The summed E-state index contributed by atoms with van der Waals surface area (Å²) < 4.78 is 0. The van der Waals surface area contributed by atoms with Crippen LogP contribution in [0.15, 0.2) is 30.3 Å². The highest BCUT2D eigenvalue weighted by atomic mass is 35.5. The molecular weight excluding hydrogens is 290 g/mol. The van der Waals surface area contributed by atoms with Gasteiger partial charge in [-0.1, -0.05) is 76.5 Å². The molecule has 1 nitrogen and oxygen atoms in total. The zero-order valence-corrected chi connectivity index (χ0v) is 15.7. The van der Waals surface area contributed by atoms with Crippen LogP contribution >= 0.6 is 0 Å². The van der Waals surface area contributed by atoms with E-state index in [1.807, 2.05) is 0 Å². The summed E-state index contributed by atoms with van der Waals surface area (Å²) in [4.78, 5) is 0. The molecule has 0 aromatic heterocycles. The fourth-order valence-electron chi connectivity index (χ4n) is 2.96. The number of para-hydroxylation sites is 1. The number of halogens is 1. The first kappa shape index (κ1) is 21.5. The number of quaternary nitrogens is 1. The summed E-state index contributed by atoms with van der Waals surface area (Å²) in [5.41, 5.74) is 1.68. The van der Waals surface area contributed by atoms with E-state index in [0.717, 1.165) is 0 Å². The second-order valence-electron chi connectivity index (χ2n) is 7.12. The Morgan fingerprint density at radius 2 is 1.27 bits per heavy atom. The van der Waals surface area contributed by atoms with Gasteiger partial charge in [0, 0.05) is 6.42 Å². The Kier molecular flexibility index (Phi) is 12.6. The van der Waals surface area contributed by atoms with Crippen molar-refractivity contribution in [2.75, 3.05) is 0 Å². The molecule has 0 amide bonds. The minimum Gasteiger partial charge on any atom is -1.00 e. The molecule has 2 heteroatoms. The molecule has 0 fully saturated rings. The lowest BCUT2D eigenvalue weighted by atomic mass is 9.95. The van der Waals surface area contributed by atoms with Gasteiger partial charge in [-0.3, -0.25) is 0 Å². The first-order chi connectivity index (χ1) is 10.1. The van der Waals surface area contributed by atoms with Crippen molar-refractivity contribution in [3.05, 3.63) is 30.3 Å². The topological polar surface area (TPSA) is 16.6 Å². The third-order valence-corrected chi connectivity index (χ3v) is 4.28. The third kappa shape index (κ3) is 11.1.